The predicted molar refractivity (Wildman–Crippen MR) is 94.1 cm³/mol. The van der Waals surface area contributed by atoms with E-state index in [0.717, 1.165) is 19.3 Å². The molecule has 0 aliphatic carbocycles. The minimum absolute atomic E-state index is 0.166. The van der Waals surface area contributed by atoms with Crippen molar-refractivity contribution in [2.75, 3.05) is 0 Å². The summed E-state index contributed by atoms with van der Waals surface area (Å²) < 4.78 is 4.72. The van der Waals surface area contributed by atoms with Crippen molar-refractivity contribution >= 4 is 11.9 Å². The highest BCUT2D eigenvalue weighted by atomic mass is 16.6. The van der Waals surface area contributed by atoms with E-state index in [-0.39, 0.29) is 17.9 Å². The van der Waals surface area contributed by atoms with Crippen molar-refractivity contribution in [3.63, 3.8) is 0 Å². The van der Waals surface area contributed by atoms with Crippen LogP contribution in [0.3, 0.4) is 0 Å². The Kier molecular flexibility index (Phi) is 11.0. The Hall–Kier alpha value is -0.860. The number of ether oxygens (including phenoxy) is 1. The van der Waals surface area contributed by atoms with Crippen LogP contribution < -0.4 is 0 Å². The highest BCUT2D eigenvalue weighted by molar-refractivity contribution is 5.94. The van der Waals surface area contributed by atoms with Gasteiger partial charge in [-0.3, -0.25) is 9.59 Å². The molecule has 1 rings (SSSR count). The van der Waals surface area contributed by atoms with E-state index < -0.39 is 0 Å². The molecule has 1 aliphatic rings. The van der Waals surface area contributed by atoms with E-state index >= 15 is 0 Å². The maximum atomic E-state index is 11.7. The predicted octanol–water partition coefficient (Wildman–Crippen LogP) is 5.80. The summed E-state index contributed by atoms with van der Waals surface area (Å²) in [7, 11) is 0. The molecule has 0 bridgehead atoms. The molecule has 1 saturated heterocycles. The molecule has 0 N–H and O–H groups in total. The quantitative estimate of drug-likeness (QED) is 0.230. The van der Waals surface area contributed by atoms with Gasteiger partial charge in [0.15, 0.2) is 0 Å². The van der Waals surface area contributed by atoms with Crippen LogP contribution in [-0.4, -0.2) is 11.9 Å². The van der Waals surface area contributed by atoms with Crippen LogP contribution in [0.2, 0.25) is 0 Å². The summed E-state index contributed by atoms with van der Waals surface area (Å²) in [4.78, 5) is 23.0. The first-order valence-corrected chi connectivity index (χ1v) is 9.93. The van der Waals surface area contributed by atoms with Crippen LogP contribution in [0.1, 0.15) is 104 Å². The molecule has 0 aromatic carbocycles. The molecule has 2 atom stereocenters. The van der Waals surface area contributed by atoms with Crippen LogP contribution in [0.15, 0.2) is 0 Å². The molecule has 0 saturated carbocycles. The largest absolute Gasteiger partial charge is 0.393 e. The maximum Gasteiger partial charge on any atom is 0.317 e. The van der Waals surface area contributed by atoms with E-state index in [1.165, 1.54) is 64.2 Å². The van der Waals surface area contributed by atoms with Crippen molar-refractivity contribution < 1.29 is 14.3 Å². The normalized spacial score (nSPS) is 19.1. The zero-order valence-corrected chi connectivity index (χ0v) is 15.3. The number of unbranched alkanes of at least 4 members (excludes halogenated alkanes) is 9. The van der Waals surface area contributed by atoms with E-state index in [1.807, 2.05) is 0 Å². The lowest BCUT2D eigenvalue weighted by Crippen LogP contribution is -2.19. The fourth-order valence-corrected chi connectivity index (χ4v) is 3.66. The monoisotopic (exact) mass is 324 g/mol. The summed E-state index contributed by atoms with van der Waals surface area (Å²) in [6, 6.07) is 0. The van der Waals surface area contributed by atoms with Crippen LogP contribution in [0.5, 0.6) is 0 Å². The standard InChI is InChI=1S/C20H36O3/c1-3-5-6-7-8-9-10-11-12-13-15-17(14-4-2)18-16-19(21)23-20(18)22/h17-18H,3-16H2,1-2H3. The zero-order chi connectivity index (χ0) is 16.9. The molecule has 134 valence electrons. The van der Waals surface area contributed by atoms with Gasteiger partial charge >= 0.3 is 11.9 Å². The zero-order valence-electron chi connectivity index (χ0n) is 15.3. The van der Waals surface area contributed by atoms with Gasteiger partial charge in [-0.25, -0.2) is 0 Å². The third-order valence-corrected chi connectivity index (χ3v) is 5.06. The number of rotatable bonds is 14. The summed E-state index contributed by atoms with van der Waals surface area (Å²) in [6.45, 7) is 4.40. The number of carbonyl (C=O) groups is 2. The molecule has 1 aliphatic heterocycles. The van der Waals surface area contributed by atoms with Crippen LogP contribution in [0.25, 0.3) is 0 Å². The highest BCUT2D eigenvalue weighted by Crippen LogP contribution is 2.31. The van der Waals surface area contributed by atoms with Gasteiger partial charge in [-0.05, 0) is 18.8 Å². The van der Waals surface area contributed by atoms with E-state index in [9.17, 15) is 9.59 Å². The third kappa shape index (κ3) is 8.53. The lowest BCUT2D eigenvalue weighted by Gasteiger charge is -2.19. The SMILES string of the molecule is CCCCCCCCCCCCC(CCC)C1CC(=O)OC1=O. The van der Waals surface area contributed by atoms with Gasteiger partial charge in [-0.15, -0.1) is 0 Å². The van der Waals surface area contributed by atoms with Gasteiger partial charge in [-0.1, -0.05) is 84.5 Å². The van der Waals surface area contributed by atoms with Gasteiger partial charge in [0, 0.05) is 0 Å². The fraction of sp³-hybridized carbons (Fsp3) is 0.900. The minimum Gasteiger partial charge on any atom is -0.393 e. The van der Waals surface area contributed by atoms with Gasteiger partial charge in [0.1, 0.15) is 0 Å². The number of esters is 2. The molecule has 0 spiro atoms. The molecule has 1 heterocycles. The molecular weight excluding hydrogens is 288 g/mol. The van der Waals surface area contributed by atoms with Gasteiger partial charge in [0.25, 0.3) is 0 Å². The molecule has 0 amide bonds. The molecule has 1 fully saturated rings. The Bertz CT molecular complexity index is 338. The van der Waals surface area contributed by atoms with Gasteiger partial charge < -0.3 is 4.74 Å². The Balaban J connectivity index is 2.07. The molecule has 3 heteroatoms. The number of cyclic esters (lactones) is 2. The Morgan fingerprint density at radius 3 is 1.87 bits per heavy atom. The van der Waals surface area contributed by atoms with Crippen molar-refractivity contribution in [3.05, 3.63) is 0 Å². The van der Waals surface area contributed by atoms with Gasteiger partial charge in [0.2, 0.25) is 0 Å². The van der Waals surface area contributed by atoms with Crippen LogP contribution in [0.4, 0.5) is 0 Å². The molecule has 0 radical (unpaired) electrons. The fourth-order valence-electron chi connectivity index (χ4n) is 3.66. The average Bonchev–Trinajstić information content (AvgIpc) is 2.86. The Labute approximate surface area is 142 Å². The summed E-state index contributed by atoms with van der Waals surface area (Å²) >= 11 is 0. The summed E-state index contributed by atoms with van der Waals surface area (Å²) in [5, 5.41) is 0. The van der Waals surface area contributed by atoms with Crippen LogP contribution >= 0.6 is 0 Å². The third-order valence-electron chi connectivity index (χ3n) is 5.06. The first-order chi connectivity index (χ1) is 11.2. The number of hydrogen-bond donors (Lipinski definition) is 0. The second-order valence-electron chi connectivity index (χ2n) is 7.12. The molecule has 0 aromatic heterocycles. The van der Waals surface area contributed by atoms with Crippen LogP contribution in [-0.2, 0) is 14.3 Å². The molecule has 3 nitrogen and oxygen atoms in total. The van der Waals surface area contributed by atoms with Gasteiger partial charge in [0.05, 0.1) is 12.3 Å². The average molecular weight is 325 g/mol. The van der Waals surface area contributed by atoms with Crippen molar-refractivity contribution in [2.45, 2.75) is 104 Å². The number of hydrogen-bond acceptors (Lipinski definition) is 3. The van der Waals surface area contributed by atoms with E-state index in [2.05, 4.69) is 13.8 Å². The Morgan fingerprint density at radius 1 is 0.826 bits per heavy atom. The second-order valence-corrected chi connectivity index (χ2v) is 7.12. The Morgan fingerprint density at radius 2 is 1.39 bits per heavy atom. The van der Waals surface area contributed by atoms with E-state index in [0.29, 0.717) is 12.3 Å². The highest BCUT2D eigenvalue weighted by Gasteiger charge is 2.38. The summed E-state index contributed by atoms with van der Waals surface area (Å²) in [5.41, 5.74) is 0. The molecule has 23 heavy (non-hydrogen) atoms. The van der Waals surface area contributed by atoms with Crippen molar-refractivity contribution in [3.8, 4) is 0 Å². The van der Waals surface area contributed by atoms with Crippen molar-refractivity contribution in [2.24, 2.45) is 11.8 Å². The van der Waals surface area contributed by atoms with Crippen LogP contribution in [0, 0.1) is 11.8 Å². The molecule has 0 aromatic rings. The van der Waals surface area contributed by atoms with E-state index in [1.54, 1.807) is 0 Å². The maximum absolute atomic E-state index is 11.7. The first kappa shape index (κ1) is 20.2. The van der Waals surface area contributed by atoms with Gasteiger partial charge in [-0.2, -0.15) is 0 Å². The number of carbonyl (C=O) groups excluding carboxylic acids is 2. The smallest absolute Gasteiger partial charge is 0.317 e. The summed E-state index contributed by atoms with van der Waals surface area (Å²) in [6.07, 6.45) is 16.8. The van der Waals surface area contributed by atoms with E-state index in [4.69, 9.17) is 4.74 Å². The van der Waals surface area contributed by atoms with Crippen molar-refractivity contribution in [1.82, 2.24) is 0 Å². The molecule has 2 unspecified atom stereocenters. The van der Waals surface area contributed by atoms with Crippen molar-refractivity contribution in [1.29, 1.82) is 0 Å². The molecular formula is C20H36O3. The minimum atomic E-state index is -0.329. The second kappa shape index (κ2) is 12.5. The lowest BCUT2D eigenvalue weighted by molar-refractivity contribution is -0.153. The topological polar surface area (TPSA) is 43.4 Å². The first-order valence-electron chi connectivity index (χ1n) is 9.93. The summed E-state index contributed by atoms with van der Waals surface area (Å²) in [5.74, 6) is -0.432. The lowest BCUT2D eigenvalue weighted by atomic mass is 9.83.